The van der Waals surface area contributed by atoms with Crippen molar-refractivity contribution >= 4 is 11.8 Å². The monoisotopic (exact) mass is 351 g/mol. The molecule has 24 heavy (non-hydrogen) atoms. The Morgan fingerprint density at radius 1 is 1.00 bits per heavy atom. The van der Waals surface area contributed by atoms with E-state index >= 15 is 0 Å². The summed E-state index contributed by atoms with van der Waals surface area (Å²) >= 11 is 2.08. The molecule has 1 heterocycles. The minimum atomic E-state index is 0.398. The maximum Gasteiger partial charge on any atom is 0.0234 e. The zero-order valence-corrected chi connectivity index (χ0v) is 17.2. The van der Waals surface area contributed by atoms with Crippen molar-refractivity contribution < 1.29 is 0 Å². The second-order valence-electron chi connectivity index (χ2n) is 7.27. The topological polar surface area (TPSA) is 18.5 Å². The molecule has 1 aliphatic heterocycles. The Morgan fingerprint density at radius 3 is 2.04 bits per heavy atom. The van der Waals surface area contributed by atoms with Gasteiger partial charge < -0.3 is 5.32 Å². The van der Waals surface area contributed by atoms with Gasteiger partial charge in [0.15, 0.2) is 0 Å². The Kier molecular flexibility index (Phi) is 10.7. The number of benzene rings is 1. The van der Waals surface area contributed by atoms with Crippen molar-refractivity contribution in [1.29, 1.82) is 0 Å². The van der Waals surface area contributed by atoms with Crippen molar-refractivity contribution in [1.82, 2.24) is 15.1 Å². The number of piperazine rings is 1. The van der Waals surface area contributed by atoms with Gasteiger partial charge in [-0.3, -0.25) is 9.80 Å². The van der Waals surface area contributed by atoms with Crippen LogP contribution in [0.5, 0.6) is 0 Å². The van der Waals surface area contributed by atoms with E-state index in [4.69, 9.17) is 0 Å². The molecule has 3 nitrogen and oxygen atoms in total. The molecule has 0 saturated carbocycles. The van der Waals surface area contributed by atoms with Gasteiger partial charge in [-0.25, -0.2) is 0 Å². The lowest BCUT2D eigenvalue weighted by Gasteiger charge is -2.35. The van der Waals surface area contributed by atoms with E-state index in [9.17, 15) is 0 Å². The van der Waals surface area contributed by atoms with Crippen LogP contribution in [0.1, 0.15) is 33.3 Å². The zero-order valence-electron chi connectivity index (χ0n) is 16.3. The highest BCUT2D eigenvalue weighted by atomic mass is 32.2. The van der Waals surface area contributed by atoms with Gasteiger partial charge in [-0.2, -0.15) is 11.8 Å². The SMILES string of the molecule is CC(C)(C)SCCN1CCN(Cc2ccccc2)CC1.CCNC. The molecule has 0 aliphatic carbocycles. The molecule has 0 spiro atoms. The molecular weight excluding hydrogens is 314 g/mol. The van der Waals surface area contributed by atoms with Crippen molar-refractivity contribution in [2.45, 2.75) is 39.0 Å². The van der Waals surface area contributed by atoms with Crippen molar-refractivity contribution in [3.05, 3.63) is 35.9 Å². The summed E-state index contributed by atoms with van der Waals surface area (Å²) < 4.78 is 0.398. The Hall–Kier alpha value is -0.550. The van der Waals surface area contributed by atoms with Crippen LogP contribution >= 0.6 is 11.8 Å². The van der Waals surface area contributed by atoms with Crippen LogP contribution < -0.4 is 5.32 Å². The number of rotatable bonds is 6. The van der Waals surface area contributed by atoms with Gasteiger partial charge in [0.1, 0.15) is 0 Å². The molecule has 1 fully saturated rings. The van der Waals surface area contributed by atoms with E-state index in [0.717, 1.165) is 13.1 Å². The summed E-state index contributed by atoms with van der Waals surface area (Å²) in [6.07, 6.45) is 0. The van der Waals surface area contributed by atoms with Gasteiger partial charge >= 0.3 is 0 Å². The number of thioether (sulfide) groups is 1. The number of hydrogen-bond donors (Lipinski definition) is 1. The Bertz CT molecular complexity index is 407. The zero-order chi connectivity index (χ0) is 17.8. The molecule has 1 saturated heterocycles. The third-order valence-corrected chi connectivity index (χ3v) is 5.26. The third-order valence-electron chi connectivity index (χ3n) is 4.01. The molecule has 138 valence electrons. The van der Waals surface area contributed by atoms with E-state index in [0.29, 0.717) is 4.75 Å². The smallest absolute Gasteiger partial charge is 0.0234 e. The van der Waals surface area contributed by atoms with Crippen molar-refractivity contribution in [3.63, 3.8) is 0 Å². The van der Waals surface area contributed by atoms with Crippen molar-refractivity contribution in [2.75, 3.05) is 52.1 Å². The Labute approximate surface area is 154 Å². The fourth-order valence-electron chi connectivity index (χ4n) is 2.49. The van der Waals surface area contributed by atoms with Crippen LogP contribution in [0, 0.1) is 0 Å². The fraction of sp³-hybridized carbons (Fsp3) is 0.700. The third kappa shape index (κ3) is 10.3. The maximum absolute atomic E-state index is 2.93. The molecule has 0 atom stereocenters. The summed E-state index contributed by atoms with van der Waals surface area (Å²) in [5.74, 6) is 1.25. The van der Waals surface area contributed by atoms with Crippen LogP contribution in [0.25, 0.3) is 0 Å². The van der Waals surface area contributed by atoms with E-state index in [2.05, 4.69) is 84.9 Å². The molecule has 0 unspecified atom stereocenters. The lowest BCUT2D eigenvalue weighted by molar-refractivity contribution is 0.133. The first kappa shape index (κ1) is 21.5. The van der Waals surface area contributed by atoms with Gasteiger partial charge in [0, 0.05) is 49.8 Å². The largest absolute Gasteiger partial charge is 0.320 e. The number of nitrogens with one attached hydrogen (secondary N) is 1. The summed E-state index contributed by atoms with van der Waals surface area (Å²) in [6, 6.07) is 10.8. The highest BCUT2D eigenvalue weighted by Crippen LogP contribution is 2.23. The van der Waals surface area contributed by atoms with Crippen LogP contribution in [0.4, 0.5) is 0 Å². The van der Waals surface area contributed by atoms with Crippen LogP contribution in [-0.4, -0.2) is 66.6 Å². The lowest BCUT2D eigenvalue weighted by atomic mass is 10.2. The molecule has 0 bridgehead atoms. The summed E-state index contributed by atoms with van der Waals surface area (Å²) in [5, 5.41) is 2.93. The summed E-state index contributed by atoms with van der Waals surface area (Å²) in [6.45, 7) is 17.2. The van der Waals surface area contributed by atoms with E-state index in [1.54, 1.807) is 0 Å². The van der Waals surface area contributed by atoms with E-state index in [1.807, 2.05) is 7.05 Å². The van der Waals surface area contributed by atoms with Crippen LogP contribution in [0.15, 0.2) is 30.3 Å². The van der Waals surface area contributed by atoms with Crippen molar-refractivity contribution in [2.24, 2.45) is 0 Å². The van der Waals surface area contributed by atoms with E-state index in [1.165, 1.54) is 44.0 Å². The number of nitrogens with zero attached hydrogens (tertiary/aromatic N) is 2. The molecular formula is C20H37N3S. The predicted octanol–water partition coefficient (Wildman–Crippen LogP) is 3.56. The quantitative estimate of drug-likeness (QED) is 0.844. The Balaban J connectivity index is 0.000000648. The maximum atomic E-state index is 2.93. The average Bonchev–Trinajstić information content (AvgIpc) is 2.56. The van der Waals surface area contributed by atoms with Gasteiger partial charge in [0.05, 0.1) is 0 Å². The predicted molar refractivity (Wildman–Crippen MR) is 110 cm³/mol. The first-order chi connectivity index (χ1) is 11.4. The average molecular weight is 352 g/mol. The first-order valence-corrected chi connectivity index (χ1v) is 10.2. The fourth-order valence-corrected chi connectivity index (χ4v) is 3.46. The minimum absolute atomic E-state index is 0.398. The normalized spacial score (nSPS) is 16.5. The minimum Gasteiger partial charge on any atom is -0.320 e. The van der Waals surface area contributed by atoms with E-state index in [-0.39, 0.29) is 0 Å². The molecule has 1 aromatic carbocycles. The molecule has 2 rings (SSSR count). The molecule has 4 heteroatoms. The van der Waals surface area contributed by atoms with Crippen LogP contribution in [0.3, 0.4) is 0 Å². The molecule has 0 amide bonds. The lowest BCUT2D eigenvalue weighted by Crippen LogP contribution is -2.46. The highest BCUT2D eigenvalue weighted by Gasteiger charge is 2.17. The second-order valence-corrected chi connectivity index (χ2v) is 9.19. The van der Waals surface area contributed by atoms with Gasteiger partial charge in [0.25, 0.3) is 0 Å². The molecule has 1 N–H and O–H groups in total. The van der Waals surface area contributed by atoms with Gasteiger partial charge in [-0.1, -0.05) is 58.0 Å². The molecule has 0 aromatic heterocycles. The van der Waals surface area contributed by atoms with E-state index < -0.39 is 0 Å². The van der Waals surface area contributed by atoms with Crippen LogP contribution in [0.2, 0.25) is 0 Å². The van der Waals surface area contributed by atoms with Gasteiger partial charge in [-0.05, 0) is 19.2 Å². The summed E-state index contributed by atoms with van der Waals surface area (Å²) in [7, 11) is 1.93. The van der Waals surface area contributed by atoms with Gasteiger partial charge in [0.2, 0.25) is 0 Å². The summed E-state index contributed by atoms with van der Waals surface area (Å²) in [4.78, 5) is 5.18. The first-order valence-electron chi connectivity index (χ1n) is 9.22. The Morgan fingerprint density at radius 2 is 1.54 bits per heavy atom. The molecule has 1 aliphatic rings. The van der Waals surface area contributed by atoms with Crippen LogP contribution in [-0.2, 0) is 6.54 Å². The number of hydrogen-bond acceptors (Lipinski definition) is 4. The molecule has 0 radical (unpaired) electrons. The standard InChI is InChI=1S/C17H28N2S.C3H9N/c1-17(2,3)20-14-13-18-9-11-19(12-10-18)15-16-7-5-4-6-8-16;1-3-4-2/h4-8H,9-15H2,1-3H3;4H,3H2,1-2H3. The summed E-state index contributed by atoms with van der Waals surface area (Å²) in [5.41, 5.74) is 1.43. The molecule has 1 aromatic rings. The van der Waals surface area contributed by atoms with Gasteiger partial charge in [-0.15, -0.1) is 0 Å². The second kappa shape index (κ2) is 11.9. The highest BCUT2D eigenvalue weighted by molar-refractivity contribution is 8.00. The van der Waals surface area contributed by atoms with Crippen molar-refractivity contribution in [3.8, 4) is 0 Å².